The number of carbonyl (C=O) groups is 1. The summed E-state index contributed by atoms with van der Waals surface area (Å²) in [5, 5.41) is 14.8. The molecule has 4 nitrogen and oxygen atoms in total. The highest BCUT2D eigenvalue weighted by Gasteiger charge is 1.97. The molecular weight excluding hydrogens is 187 g/mol. The van der Waals surface area contributed by atoms with Crippen molar-refractivity contribution in [3.63, 3.8) is 0 Å². The number of hydrogen-bond donors (Lipinski definition) is 1. The lowest BCUT2D eigenvalue weighted by Crippen LogP contribution is -1.84. The smallest absolute Gasteiger partial charge is 0.290 e. The molecular formula is C9H7FN2O2. The van der Waals surface area contributed by atoms with Gasteiger partial charge >= 0.3 is 0 Å². The van der Waals surface area contributed by atoms with Crippen molar-refractivity contribution in [3.8, 4) is 0 Å². The zero-order chi connectivity index (χ0) is 10.4. The summed E-state index contributed by atoms with van der Waals surface area (Å²) in [6.07, 6.45) is 1.48. The Bertz CT molecular complexity index is 429. The van der Waals surface area contributed by atoms with Crippen LogP contribution in [-0.4, -0.2) is 21.8 Å². The second-order valence-electron chi connectivity index (χ2n) is 2.31. The van der Waals surface area contributed by atoms with E-state index < -0.39 is 0 Å². The van der Waals surface area contributed by atoms with E-state index in [0.717, 1.165) is 0 Å². The Balaban J connectivity index is 0.000000293. The number of fused-ring (bicyclic) bond motifs is 1. The van der Waals surface area contributed by atoms with Gasteiger partial charge in [-0.3, -0.25) is 4.79 Å². The van der Waals surface area contributed by atoms with Gasteiger partial charge in [0.05, 0.1) is 11.7 Å². The molecule has 1 aromatic carbocycles. The van der Waals surface area contributed by atoms with Crippen molar-refractivity contribution in [1.29, 1.82) is 0 Å². The van der Waals surface area contributed by atoms with Crippen molar-refractivity contribution in [2.75, 3.05) is 0 Å². The highest BCUT2D eigenvalue weighted by atomic mass is 19.1. The van der Waals surface area contributed by atoms with E-state index >= 15 is 0 Å². The lowest BCUT2D eigenvalue weighted by Gasteiger charge is -1.94. The van der Waals surface area contributed by atoms with Gasteiger partial charge in [-0.15, -0.1) is 0 Å². The molecule has 0 aliphatic heterocycles. The van der Waals surface area contributed by atoms with E-state index in [2.05, 4.69) is 10.2 Å². The molecule has 2 rings (SSSR count). The van der Waals surface area contributed by atoms with Crippen molar-refractivity contribution >= 4 is 17.4 Å². The topological polar surface area (TPSA) is 63.1 Å². The first-order chi connectivity index (χ1) is 6.79. The third kappa shape index (κ3) is 2.22. The Hall–Kier alpha value is -2.04. The van der Waals surface area contributed by atoms with E-state index in [4.69, 9.17) is 9.90 Å². The van der Waals surface area contributed by atoms with E-state index in [1.165, 1.54) is 12.3 Å². The van der Waals surface area contributed by atoms with Gasteiger partial charge < -0.3 is 5.11 Å². The van der Waals surface area contributed by atoms with Crippen molar-refractivity contribution in [1.82, 2.24) is 10.2 Å². The first-order valence-electron chi connectivity index (χ1n) is 3.73. The van der Waals surface area contributed by atoms with Gasteiger partial charge in [0.15, 0.2) is 0 Å². The quantitative estimate of drug-likeness (QED) is 0.645. The molecule has 0 atom stereocenters. The number of aromatic nitrogens is 2. The van der Waals surface area contributed by atoms with E-state index in [9.17, 15) is 4.39 Å². The number of rotatable bonds is 0. The fourth-order valence-electron chi connectivity index (χ4n) is 0.981. The van der Waals surface area contributed by atoms with Crippen LogP contribution in [0.1, 0.15) is 0 Å². The van der Waals surface area contributed by atoms with Crippen LogP contribution in [0.3, 0.4) is 0 Å². The fraction of sp³-hybridized carbons (Fsp3) is 0. The molecule has 0 aliphatic rings. The molecule has 0 amide bonds. The minimum atomic E-state index is -0.252. The van der Waals surface area contributed by atoms with Gasteiger partial charge in [-0.25, -0.2) is 4.39 Å². The van der Waals surface area contributed by atoms with Crippen LogP contribution in [0.4, 0.5) is 4.39 Å². The van der Waals surface area contributed by atoms with Crippen LogP contribution in [0.2, 0.25) is 0 Å². The van der Waals surface area contributed by atoms with Crippen molar-refractivity contribution in [3.05, 3.63) is 36.3 Å². The minimum absolute atomic E-state index is 0.250. The first kappa shape index (κ1) is 10.0. The monoisotopic (exact) mass is 194 g/mol. The zero-order valence-corrected chi connectivity index (χ0v) is 7.09. The Morgan fingerprint density at radius 1 is 1.36 bits per heavy atom. The number of carboxylic acid groups (broad SMARTS) is 1. The fourth-order valence-corrected chi connectivity index (χ4v) is 0.981. The highest BCUT2D eigenvalue weighted by molar-refractivity contribution is 5.77. The second-order valence-corrected chi connectivity index (χ2v) is 2.31. The molecule has 0 bridgehead atoms. The summed E-state index contributed by atoms with van der Waals surface area (Å²) in [5.41, 5.74) is 0.590. The molecule has 5 heteroatoms. The summed E-state index contributed by atoms with van der Waals surface area (Å²) in [6, 6.07) is 6.36. The maximum atomic E-state index is 12.9. The average molecular weight is 194 g/mol. The Morgan fingerprint density at radius 2 is 2.07 bits per heavy atom. The highest BCUT2D eigenvalue weighted by Crippen LogP contribution is 2.12. The third-order valence-corrected chi connectivity index (χ3v) is 1.50. The summed E-state index contributed by atoms with van der Waals surface area (Å²) < 4.78 is 12.9. The Labute approximate surface area is 79.0 Å². The van der Waals surface area contributed by atoms with Crippen molar-refractivity contribution in [2.45, 2.75) is 0 Å². The molecule has 1 N–H and O–H groups in total. The molecule has 0 radical (unpaired) electrons. The van der Waals surface area contributed by atoms with E-state index in [-0.39, 0.29) is 12.3 Å². The largest absolute Gasteiger partial charge is 0.483 e. The minimum Gasteiger partial charge on any atom is -0.483 e. The summed E-state index contributed by atoms with van der Waals surface area (Å²) in [7, 11) is 0. The molecule has 0 fully saturated rings. The molecule has 0 spiro atoms. The summed E-state index contributed by atoms with van der Waals surface area (Å²) in [4.78, 5) is 8.36. The van der Waals surface area contributed by atoms with Gasteiger partial charge in [0.2, 0.25) is 0 Å². The normalized spacial score (nSPS) is 8.93. The van der Waals surface area contributed by atoms with Crippen LogP contribution in [0.25, 0.3) is 10.9 Å². The number of halogens is 1. The Kier molecular flexibility index (Phi) is 3.49. The van der Waals surface area contributed by atoms with Gasteiger partial charge in [0.1, 0.15) is 5.82 Å². The lowest BCUT2D eigenvalue weighted by atomic mass is 10.2. The lowest BCUT2D eigenvalue weighted by molar-refractivity contribution is -0.122. The molecule has 72 valence electrons. The van der Waals surface area contributed by atoms with Gasteiger partial charge in [-0.1, -0.05) is 6.07 Å². The van der Waals surface area contributed by atoms with Gasteiger partial charge in [0, 0.05) is 5.39 Å². The van der Waals surface area contributed by atoms with E-state index in [0.29, 0.717) is 10.9 Å². The maximum absolute atomic E-state index is 12.9. The van der Waals surface area contributed by atoms with Gasteiger partial charge in [-0.2, -0.15) is 10.2 Å². The van der Waals surface area contributed by atoms with Gasteiger partial charge in [-0.05, 0) is 18.2 Å². The van der Waals surface area contributed by atoms with E-state index in [1.807, 2.05) is 0 Å². The van der Waals surface area contributed by atoms with Crippen LogP contribution in [0.15, 0.2) is 30.5 Å². The molecule has 0 aliphatic carbocycles. The molecule has 0 unspecified atom stereocenters. The molecule has 0 saturated heterocycles. The van der Waals surface area contributed by atoms with Crippen LogP contribution >= 0.6 is 0 Å². The SMILES string of the molecule is Fc1cccc2nnccc12.O=CO. The molecule has 1 heterocycles. The van der Waals surface area contributed by atoms with Crippen molar-refractivity contribution in [2.24, 2.45) is 0 Å². The number of nitrogens with zero attached hydrogens (tertiary/aromatic N) is 2. The van der Waals surface area contributed by atoms with Crippen molar-refractivity contribution < 1.29 is 14.3 Å². The Morgan fingerprint density at radius 3 is 2.71 bits per heavy atom. The van der Waals surface area contributed by atoms with Crippen LogP contribution in [0, 0.1) is 5.82 Å². The van der Waals surface area contributed by atoms with Crippen LogP contribution < -0.4 is 0 Å². The summed E-state index contributed by atoms with van der Waals surface area (Å²) in [5.74, 6) is -0.252. The summed E-state index contributed by atoms with van der Waals surface area (Å²) >= 11 is 0. The van der Waals surface area contributed by atoms with E-state index in [1.54, 1.807) is 18.2 Å². The number of benzene rings is 1. The zero-order valence-electron chi connectivity index (χ0n) is 7.09. The predicted molar refractivity (Wildman–Crippen MR) is 48.2 cm³/mol. The van der Waals surface area contributed by atoms with Gasteiger partial charge in [0.25, 0.3) is 6.47 Å². The summed E-state index contributed by atoms with van der Waals surface area (Å²) in [6.45, 7) is -0.250. The molecule has 0 saturated carbocycles. The number of hydrogen-bond acceptors (Lipinski definition) is 3. The van der Waals surface area contributed by atoms with Crippen LogP contribution in [-0.2, 0) is 4.79 Å². The maximum Gasteiger partial charge on any atom is 0.290 e. The third-order valence-electron chi connectivity index (χ3n) is 1.50. The van der Waals surface area contributed by atoms with Crippen LogP contribution in [0.5, 0.6) is 0 Å². The first-order valence-corrected chi connectivity index (χ1v) is 3.73. The second kappa shape index (κ2) is 4.86. The average Bonchev–Trinajstić information content (AvgIpc) is 2.20. The molecule has 2 aromatic rings. The molecule has 1 aromatic heterocycles. The molecule has 14 heavy (non-hydrogen) atoms. The standard InChI is InChI=1S/C8H5FN2.CH2O2/c9-7-2-1-3-8-6(7)4-5-10-11-8;2-1-3/h1-5H;1H,(H,2,3). The predicted octanol–water partition coefficient (Wildman–Crippen LogP) is 1.47.